The van der Waals surface area contributed by atoms with Crippen LogP contribution in [0.15, 0.2) is 12.4 Å². The van der Waals surface area contributed by atoms with Crippen LogP contribution in [-0.4, -0.2) is 23.1 Å². The minimum Gasteiger partial charge on any atom is -0.341 e. The zero-order chi connectivity index (χ0) is 10.6. The summed E-state index contributed by atoms with van der Waals surface area (Å²) in [6.07, 6.45) is 5.45. The van der Waals surface area contributed by atoms with E-state index in [1.54, 1.807) is 12.4 Å². The number of aromatic nitrogens is 2. The Morgan fingerprint density at radius 2 is 1.79 bits per heavy atom. The molecule has 0 saturated heterocycles. The van der Waals surface area contributed by atoms with Crippen LogP contribution in [0.3, 0.4) is 0 Å². The molecule has 3 nitrogen and oxygen atoms in total. The van der Waals surface area contributed by atoms with E-state index in [0.29, 0.717) is 11.1 Å². The van der Waals surface area contributed by atoms with Crippen LogP contribution in [0.25, 0.3) is 0 Å². The molecule has 0 unspecified atom stereocenters. The van der Waals surface area contributed by atoms with E-state index < -0.39 is 0 Å². The molecule has 0 aromatic carbocycles. The van der Waals surface area contributed by atoms with Crippen LogP contribution in [0.5, 0.6) is 0 Å². The average molecular weight is 214 g/mol. The number of nitrogens with zero attached hydrogens (tertiary/aromatic N) is 3. The van der Waals surface area contributed by atoms with Crippen molar-refractivity contribution < 1.29 is 0 Å². The summed E-state index contributed by atoms with van der Waals surface area (Å²) < 4.78 is 0. The lowest BCUT2D eigenvalue weighted by Crippen LogP contribution is -2.31. The van der Waals surface area contributed by atoms with E-state index in [1.165, 1.54) is 0 Å². The summed E-state index contributed by atoms with van der Waals surface area (Å²) in [5, 5.41) is 0.576. The van der Waals surface area contributed by atoms with Gasteiger partial charge >= 0.3 is 0 Å². The Balaban J connectivity index is 2.77. The van der Waals surface area contributed by atoms with Gasteiger partial charge in [-0.2, -0.15) is 0 Å². The molecule has 0 bridgehead atoms. The van der Waals surface area contributed by atoms with Crippen molar-refractivity contribution in [3.8, 4) is 0 Å². The van der Waals surface area contributed by atoms with Crippen LogP contribution >= 0.6 is 11.6 Å². The highest BCUT2D eigenvalue weighted by Crippen LogP contribution is 2.14. The molecule has 0 aliphatic carbocycles. The third kappa shape index (κ3) is 2.58. The van der Waals surface area contributed by atoms with Crippen molar-refractivity contribution in [2.24, 2.45) is 0 Å². The van der Waals surface area contributed by atoms with Crippen LogP contribution in [0, 0.1) is 0 Å². The fraction of sp³-hybridized carbons (Fsp3) is 0.600. The van der Waals surface area contributed by atoms with E-state index in [-0.39, 0.29) is 0 Å². The Kier molecular flexibility index (Phi) is 4.14. The third-order valence-corrected chi connectivity index (χ3v) is 2.61. The van der Waals surface area contributed by atoms with Crippen LogP contribution < -0.4 is 4.90 Å². The maximum atomic E-state index is 5.72. The predicted octanol–water partition coefficient (Wildman–Crippen LogP) is 2.75. The van der Waals surface area contributed by atoms with Crippen LogP contribution in [-0.2, 0) is 0 Å². The molecule has 0 aliphatic heterocycles. The standard InChI is InChI=1S/C10H16ClN3/c1-4-9(5-2)14(3)10-12-6-8(11)7-13-10/h6-7,9H,4-5H2,1-3H3. The van der Waals surface area contributed by atoms with Gasteiger partial charge in [0.15, 0.2) is 0 Å². The van der Waals surface area contributed by atoms with Gasteiger partial charge in [-0.15, -0.1) is 0 Å². The lowest BCUT2D eigenvalue weighted by molar-refractivity contribution is 0.581. The van der Waals surface area contributed by atoms with Crippen molar-refractivity contribution in [3.05, 3.63) is 17.4 Å². The molecule has 14 heavy (non-hydrogen) atoms. The second kappa shape index (κ2) is 5.15. The number of rotatable bonds is 4. The fourth-order valence-electron chi connectivity index (χ4n) is 1.49. The van der Waals surface area contributed by atoms with Gasteiger partial charge in [-0.1, -0.05) is 25.4 Å². The van der Waals surface area contributed by atoms with Crippen molar-refractivity contribution >= 4 is 17.5 Å². The summed E-state index contributed by atoms with van der Waals surface area (Å²) in [7, 11) is 2.01. The highest BCUT2D eigenvalue weighted by atomic mass is 35.5. The molecule has 1 heterocycles. The highest BCUT2D eigenvalue weighted by molar-refractivity contribution is 6.30. The number of hydrogen-bond acceptors (Lipinski definition) is 3. The van der Waals surface area contributed by atoms with Gasteiger partial charge < -0.3 is 4.90 Å². The predicted molar refractivity (Wildman–Crippen MR) is 59.8 cm³/mol. The first-order valence-electron chi connectivity index (χ1n) is 4.89. The van der Waals surface area contributed by atoms with Crippen LogP contribution in [0.1, 0.15) is 26.7 Å². The zero-order valence-corrected chi connectivity index (χ0v) is 9.62. The number of anilines is 1. The molecular weight excluding hydrogens is 198 g/mol. The summed E-state index contributed by atoms with van der Waals surface area (Å²) in [5.41, 5.74) is 0. The molecule has 0 aliphatic rings. The van der Waals surface area contributed by atoms with Crippen molar-refractivity contribution in [2.75, 3.05) is 11.9 Å². The van der Waals surface area contributed by atoms with Gasteiger partial charge in [-0.25, -0.2) is 9.97 Å². The van der Waals surface area contributed by atoms with Crippen molar-refractivity contribution in [3.63, 3.8) is 0 Å². The SMILES string of the molecule is CCC(CC)N(C)c1ncc(Cl)cn1. The first-order valence-corrected chi connectivity index (χ1v) is 5.27. The van der Waals surface area contributed by atoms with Gasteiger partial charge in [0.1, 0.15) is 0 Å². The monoisotopic (exact) mass is 213 g/mol. The van der Waals surface area contributed by atoms with Gasteiger partial charge in [-0.05, 0) is 12.8 Å². The fourth-order valence-corrected chi connectivity index (χ4v) is 1.58. The van der Waals surface area contributed by atoms with E-state index in [0.717, 1.165) is 18.8 Å². The first-order chi connectivity index (χ1) is 6.69. The molecule has 4 heteroatoms. The largest absolute Gasteiger partial charge is 0.341 e. The Hall–Kier alpha value is -0.830. The Labute approximate surface area is 90.1 Å². The number of hydrogen-bond donors (Lipinski definition) is 0. The Morgan fingerprint density at radius 3 is 2.21 bits per heavy atom. The third-order valence-electron chi connectivity index (χ3n) is 2.41. The molecule has 0 spiro atoms. The molecule has 0 fully saturated rings. The molecule has 0 atom stereocenters. The second-order valence-electron chi connectivity index (χ2n) is 3.28. The molecule has 78 valence electrons. The second-order valence-corrected chi connectivity index (χ2v) is 3.72. The lowest BCUT2D eigenvalue weighted by atomic mass is 10.1. The molecule has 1 aromatic heterocycles. The minimum absolute atomic E-state index is 0.496. The minimum atomic E-state index is 0.496. The summed E-state index contributed by atoms with van der Waals surface area (Å²) >= 11 is 5.72. The van der Waals surface area contributed by atoms with E-state index in [2.05, 4.69) is 28.7 Å². The summed E-state index contributed by atoms with van der Waals surface area (Å²) in [6.45, 7) is 4.33. The van der Waals surface area contributed by atoms with Gasteiger partial charge in [0.05, 0.1) is 17.4 Å². The van der Waals surface area contributed by atoms with Crippen molar-refractivity contribution in [2.45, 2.75) is 32.7 Å². The van der Waals surface area contributed by atoms with Gasteiger partial charge in [0.2, 0.25) is 5.95 Å². The maximum absolute atomic E-state index is 5.72. The topological polar surface area (TPSA) is 29.0 Å². The lowest BCUT2D eigenvalue weighted by Gasteiger charge is -2.25. The van der Waals surface area contributed by atoms with E-state index in [1.807, 2.05) is 7.05 Å². The molecule has 0 saturated carbocycles. The van der Waals surface area contributed by atoms with Gasteiger partial charge in [-0.3, -0.25) is 0 Å². The van der Waals surface area contributed by atoms with Crippen molar-refractivity contribution in [1.29, 1.82) is 0 Å². The van der Waals surface area contributed by atoms with Gasteiger partial charge in [0, 0.05) is 13.1 Å². The smallest absolute Gasteiger partial charge is 0.225 e. The molecule has 1 rings (SSSR count). The summed E-state index contributed by atoms with van der Waals surface area (Å²) in [4.78, 5) is 10.4. The van der Waals surface area contributed by atoms with Crippen LogP contribution in [0.4, 0.5) is 5.95 Å². The average Bonchev–Trinajstić information content (AvgIpc) is 2.20. The molecule has 1 aromatic rings. The molecule has 0 amide bonds. The zero-order valence-electron chi connectivity index (χ0n) is 8.87. The van der Waals surface area contributed by atoms with E-state index in [4.69, 9.17) is 11.6 Å². The normalized spacial score (nSPS) is 10.6. The number of halogens is 1. The summed E-state index contributed by atoms with van der Waals surface area (Å²) in [6, 6.07) is 0.496. The molecule has 0 N–H and O–H groups in total. The quantitative estimate of drug-likeness (QED) is 0.770. The molecular formula is C10H16ClN3. The van der Waals surface area contributed by atoms with Crippen molar-refractivity contribution in [1.82, 2.24) is 9.97 Å². The first kappa shape index (κ1) is 11.2. The maximum Gasteiger partial charge on any atom is 0.225 e. The Bertz CT molecular complexity index is 269. The Morgan fingerprint density at radius 1 is 1.29 bits per heavy atom. The van der Waals surface area contributed by atoms with E-state index in [9.17, 15) is 0 Å². The highest BCUT2D eigenvalue weighted by Gasteiger charge is 2.12. The van der Waals surface area contributed by atoms with Gasteiger partial charge in [0.25, 0.3) is 0 Å². The summed E-state index contributed by atoms with van der Waals surface area (Å²) in [5.74, 6) is 0.739. The molecule has 0 radical (unpaired) electrons. The van der Waals surface area contributed by atoms with Crippen LogP contribution in [0.2, 0.25) is 5.02 Å². The van der Waals surface area contributed by atoms with E-state index >= 15 is 0 Å².